The second kappa shape index (κ2) is 12.4. The molecule has 0 heterocycles. The Morgan fingerprint density at radius 2 is 1.03 bits per heavy atom. The Balaban J connectivity index is 1.13. The summed E-state index contributed by atoms with van der Waals surface area (Å²) in [4.78, 5) is 0. The summed E-state index contributed by atoms with van der Waals surface area (Å²) in [6.45, 7) is 14.4. The minimum absolute atomic E-state index is 0.0424. The van der Waals surface area contributed by atoms with Crippen LogP contribution in [-0.2, 0) is 16.2 Å². The first kappa shape index (κ1) is 35.0. The quantitative estimate of drug-likeness (QED) is 0.185. The van der Waals surface area contributed by atoms with Gasteiger partial charge in [0.1, 0.15) is 0 Å². The summed E-state index contributed by atoms with van der Waals surface area (Å²) < 4.78 is 0. The highest BCUT2D eigenvalue weighted by Crippen LogP contribution is 2.59. The van der Waals surface area contributed by atoms with Crippen molar-refractivity contribution in [2.45, 2.75) is 70.6 Å². The smallest absolute Gasteiger partial charge is 0.0470 e. The molecule has 4 aliphatic rings. The number of anilines is 2. The van der Waals surface area contributed by atoms with Gasteiger partial charge in [0.25, 0.3) is 0 Å². The van der Waals surface area contributed by atoms with Crippen LogP contribution in [0.2, 0.25) is 0 Å². The van der Waals surface area contributed by atoms with E-state index in [1.807, 2.05) is 0 Å². The van der Waals surface area contributed by atoms with Crippen molar-refractivity contribution in [3.05, 3.63) is 197 Å². The minimum Gasteiger partial charge on any atom is -0.355 e. The van der Waals surface area contributed by atoms with Crippen molar-refractivity contribution in [1.82, 2.24) is 0 Å². The number of nitrogens with one attached hydrogen (secondary N) is 1. The SMILES string of the molecule is CC1(C)C2=C(C=CCC2)c2c1ccc(Nc1cc(-c3ccccc3)cc(-c3ccc4c(c3)C(C)(C)c3ccccc3-4)c1)c2-c1cccc2c1-c1ccccc1C2(C)C. The maximum atomic E-state index is 4.12. The number of hydrogen-bond donors (Lipinski definition) is 1. The molecule has 11 rings (SSSR count). The fourth-order valence-electron chi connectivity index (χ4n) is 11.2. The van der Waals surface area contributed by atoms with Crippen LogP contribution in [0.1, 0.15) is 87.8 Å². The third-order valence-corrected chi connectivity index (χ3v) is 14.2. The molecule has 0 aromatic heterocycles. The van der Waals surface area contributed by atoms with E-state index in [2.05, 4.69) is 205 Å². The molecule has 0 amide bonds. The summed E-state index contributed by atoms with van der Waals surface area (Å²) in [7, 11) is 0. The highest BCUT2D eigenvalue weighted by atomic mass is 14.9. The topological polar surface area (TPSA) is 12.0 Å². The predicted molar refractivity (Wildman–Crippen MR) is 246 cm³/mol. The number of hydrogen-bond acceptors (Lipinski definition) is 1. The van der Waals surface area contributed by atoms with Crippen LogP contribution in [0.15, 0.2) is 163 Å². The van der Waals surface area contributed by atoms with Crippen LogP contribution in [0.3, 0.4) is 0 Å². The van der Waals surface area contributed by atoms with Crippen molar-refractivity contribution in [2.75, 3.05) is 5.32 Å². The van der Waals surface area contributed by atoms with Crippen LogP contribution in [-0.4, -0.2) is 0 Å². The van der Waals surface area contributed by atoms with E-state index in [1.54, 1.807) is 5.57 Å². The Labute approximate surface area is 343 Å². The van der Waals surface area contributed by atoms with Gasteiger partial charge in [-0.05, 0) is 132 Å². The molecule has 282 valence electrons. The van der Waals surface area contributed by atoms with E-state index >= 15 is 0 Å². The van der Waals surface area contributed by atoms with Crippen molar-refractivity contribution < 1.29 is 0 Å². The van der Waals surface area contributed by atoms with Crippen molar-refractivity contribution in [3.63, 3.8) is 0 Å². The molecule has 1 nitrogen and oxygen atoms in total. The number of benzene rings is 7. The van der Waals surface area contributed by atoms with Gasteiger partial charge in [-0.25, -0.2) is 0 Å². The van der Waals surface area contributed by atoms with Crippen LogP contribution in [0.5, 0.6) is 0 Å². The Morgan fingerprint density at radius 1 is 0.414 bits per heavy atom. The van der Waals surface area contributed by atoms with Gasteiger partial charge in [-0.2, -0.15) is 0 Å². The van der Waals surface area contributed by atoms with Gasteiger partial charge in [0.05, 0.1) is 0 Å². The molecular weight excluding hydrogens is 699 g/mol. The lowest BCUT2D eigenvalue weighted by Gasteiger charge is -2.26. The number of allylic oxidation sites excluding steroid dienone is 4. The monoisotopic (exact) mass is 747 g/mol. The van der Waals surface area contributed by atoms with E-state index < -0.39 is 0 Å². The number of fused-ring (bicyclic) bond motifs is 8. The lowest BCUT2D eigenvalue weighted by molar-refractivity contribution is 0.607. The highest BCUT2D eigenvalue weighted by Gasteiger charge is 2.42. The van der Waals surface area contributed by atoms with E-state index in [-0.39, 0.29) is 16.2 Å². The minimum atomic E-state index is -0.0906. The van der Waals surface area contributed by atoms with E-state index in [4.69, 9.17) is 0 Å². The lowest BCUT2D eigenvalue weighted by Crippen LogP contribution is -2.18. The third-order valence-electron chi connectivity index (χ3n) is 14.2. The molecule has 0 radical (unpaired) electrons. The van der Waals surface area contributed by atoms with Crippen LogP contribution in [0.4, 0.5) is 11.4 Å². The Morgan fingerprint density at radius 3 is 1.83 bits per heavy atom. The fraction of sp³-hybridized carbons (Fsp3) is 0.193. The van der Waals surface area contributed by atoms with E-state index in [0.29, 0.717) is 0 Å². The van der Waals surface area contributed by atoms with E-state index in [9.17, 15) is 0 Å². The Kier molecular flexibility index (Phi) is 7.49. The van der Waals surface area contributed by atoms with Crippen molar-refractivity contribution in [3.8, 4) is 55.6 Å². The van der Waals surface area contributed by atoms with E-state index in [1.165, 1.54) is 94.6 Å². The van der Waals surface area contributed by atoms with Crippen LogP contribution in [0, 0.1) is 0 Å². The van der Waals surface area contributed by atoms with Crippen molar-refractivity contribution >= 4 is 16.9 Å². The summed E-state index contributed by atoms with van der Waals surface area (Å²) in [5.74, 6) is 0. The summed E-state index contributed by atoms with van der Waals surface area (Å²) in [5, 5.41) is 4.12. The zero-order valence-corrected chi connectivity index (χ0v) is 34.4. The second-order valence-electron chi connectivity index (χ2n) is 18.5. The standard InChI is InChI=1S/C57H49N/c1-55(2)46-24-14-11-20-42(46)52-44(22-16-26-48(52)55)54-51(30-29-49-53(54)43-21-12-15-25-47(43)56(49,3)4)58-39-32-37(35-17-8-7-9-18-35)31-38(33-39)36-27-28-41-40-19-10-13-23-45(40)57(5,6)50(41)34-36/h7-14,16-24,26-34,58H,15,25H2,1-6H3. The van der Waals surface area contributed by atoms with Gasteiger partial charge in [0.2, 0.25) is 0 Å². The molecule has 0 fully saturated rings. The fourth-order valence-corrected chi connectivity index (χ4v) is 11.2. The van der Waals surface area contributed by atoms with Gasteiger partial charge in [-0.1, -0.05) is 175 Å². The molecule has 58 heavy (non-hydrogen) atoms. The average molecular weight is 748 g/mol. The molecule has 0 bridgehead atoms. The normalized spacial score (nSPS) is 16.9. The van der Waals surface area contributed by atoms with Crippen LogP contribution in [0.25, 0.3) is 61.2 Å². The summed E-state index contributed by atoms with van der Waals surface area (Å²) in [5.41, 5.74) is 26.3. The second-order valence-corrected chi connectivity index (χ2v) is 18.5. The van der Waals surface area contributed by atoms with E-state index in [0.717, 1.165) is 24.2 Å². The molecule has 0 saturated heterocycles. The molecule has 1 N–H and O–H groups in total. The van der Waals surface area contributed by atoms with Gasteiger partial charge < -0.3 is 5.32 Å². The predicted octanol–water partition coefficient (Wildman–Crippen LogP) is 15.4. The first-order valence-electron chi connectivity index (χ1n) is 21.1. The molecular formula is C57H49N. The first-order chi connectivity index (χ1) is 28.0. The molecule has 0 aliphatic heterocycles. The highest BCUT2D eigenvalue weighted by molar-refractivity contribution is 6.05. The van der Waals surface area contributed by atoms with Gasteiger partial charge in [-0.3, -0.25) is 0 Å². The van der Waals surface area contributed by atoms with Gasteiger partial charge in [-0.15, -0.1) is 0 Å². The van der Waals surface area contributed by atoms with Gasteiger partial charge in [0.15, 0.2) is 0 Å². The maximum absolute atomic E-state index is 4.12. The summed E-state index contributed by atoms with van der Waals surface area (Å²) >= 11 is 0. The molecule has 0 atom stereocenters. The molecule has 7 aromatic rings. The summed E-state index contributed by atoms with van der Waals surface area (Å²) in [6, 6.07) is 54.8. The van der Waals surface area contributed by atoms with Crippen molar-refractivity contribution in [2.24, 2.45) is 0 Å². The lowest BCUT2D eigenvalue weighted by atomic mass is 9.78. The molecule has 0 saturated carbocycles. The van der Waals surface area contributed by atoms with Crippen LogP contribution >= 0.6 is 0 Å². The van der Waals surface area contributed by atoms with Crippen LogP contribution < -0.4 is 5.32 Å². The average Bonchev–Trinajstić information content (AvgIpc) is 3.73. The molecule has 1 heteroatoms. The largest absolute Gasteiger partial charge is 0.355 e. The van der Waals surface area contributed by atoms with Gasteiger partial charge >= 0.3 is 0 Å². The molecule has 7 aromatic carbocycles. The number of rotatable bonds is 5. The maximum Gasteiger partial charge on any atom is 0.0470 e. The molecule has 0 spiro atoms. The Bertz CT molecular complexity index is 2930. The van der Waals surface area contributed by atoms with Gasteiger partial charge in [0, 0.05) is 33.2 Å². The zero-order chi connectivity index (χ0) is 39.6. The van der Waals surface area contributed by atoms with Crippen molar-refractivity contribution in [1.29, 1.82) is 0 Å². The summed E-state index contributed by atoms with van der Waals surface area (Å²) in [6.07, 6.45) is 7.00. The zero-order valence-electron chi connectivity index (χ0n) is 34.4. The molecule has 0 unspecified atom stereocenters. The third kappa shape index (κ3) is 4.95. The first-order valence-corrected chi connectivity index (χ1v) is 21.1. The Hall–Kier alpha value is -6.18. The molecule has 4 aliphatic carbocycles.